The maximum Gasteiger partial charge on any atom is 0.225 e. The zero-order chi connectivity index (χ0) is 8.43. The minimum absolute atomic E-state index is 0.0133. The van der Waals surface area contributed by atoms with Crippen LogP contribution < -0.4 is 0 Å². The van der Waals surface area contributed by atoms with Crippen LogP contribution in [0.2, 0.25) is 0 Å². The molecule has 0 bridgehead atoms. The standard InChI is InChI=1S/C7H13NO2S/c1-2-3-8-6(9)4-5(11)7(8)10/h5,7,10-11H,2-4H2,1H3. The van der Waals surface area contributed by atoms with E-state index in [4.69, 9.17) is 0 Å². The van der Waals surface area contributed by atoms with Gasteiger partial charge in [0.1, 0.15) is 6.23 Å². The Kier molecular flexibility index (Phi) is 2.78. The Morgan fingerprint density at radius 1 is 1.82 bits per heavy atom. The summed E-state index contributed by atoms with van der Waals surface area (Å²) >= 11 is 4.09. The van der Waals surface area contributed by atoms with Gasteiger partial charge in [-0.05, 0) is 6.42 Å². The molecule has 64 valence electrons. The highest BCUT2D eigenvalue weighted by Gasteiger charge is 2.35. The molecule has 11 heavy (non-hydrogen) atoms. The summed E-state index contributed by atoms with van der Waals surface area (Å²) in [6.07, 6.45) is 0.568. The minimum atomic E-state index is -0.675. The molecule has 0 spiro atoms. The Bertz CT molecular complexity index is 163. The van der Waals surface area contributed by atoms with Gasteiger partial charge in [0.05, 0.1) is 5.25 Å². The SMILES string of the molecule is CCCN1C(=O)CC(S)C1O. The van der Waals surface area contributed by atoms with Crippen molar-refractivity contribution >= 4 is 18.5 Å². The Morgan fingerprint density at radius 2 is 2.45 bits per heavy atom. The van der Waals surface area contributed by atoms with Crippen molar-refractivity contribution in [3.8, 4) is 0 Å². The number of aliphatic hydroxyl groups is 1. The molecule has 0 saturated carbocycles. The highest BCUT2D eigenvalue weighted by atomic mass is 32.1. The molecule has 2 unspecified atom stereocenters. The predicted molar refractivity (Wildman–Crippen MR) is 45.4 cm³/mol. The monoisotopic (exact) mass is 175 g/mol. The van der Waals surface area contributed by atoms with Gasteiger partial charge < -0.3 is 10.0 Å². The van der Waals surface area contributed by atoms with Crippen molar-refractivity contribution in [2.24, 2.45) is 0 Å². The van der Waals surface area contributed by atoms with Crippen LogP contribution in [0, 0.1) is 0 Å². The smallest absolute Gasteiger partial charge is 0.225 e. The van der Waals surface area contributed by atoms with E-state index < -0.39 is 6.23 Å². The first-order valence-electron chi connectivity index (χ1n) is 3.82. The van der Waals surface area contributed by atoms with Crippen LogP contribution in [0.1, 0.15) is 19.8 Å². The zero-order valence-electron chi connectivity index (χ0n) is 6.53. The molecule has 2 atom stereocenters. The van der Waals surface area contributed by atoms with Crippen molar-refractivity contribution < 1.29 is 9.90 Å². The Balaban J connectivity index is 2.56. The molecular weight excluding hydrogens is 162 g/mol. The summed E-state index contributed by atoms with van der Waals surface area (Å²) in [5, 5.41) is 9.19. The van der Waals surface area contributed by atoms with Gasteiger partial charge in [-0.25, -0.2) is 0 Å². The van der Waals surface area contributed by atoms with E-state index in [2.05, 4.69) is 12.6 Å². The molecule has 3 nitrogen and oxygen atoms in total. The van der Waals surface area contributed by atoms with Crippen molar-refractivity contribution in [1.29, 1.82) is 0 Å². The van der Waals surface area contributed by atoms with Gasteiger partial charge in [-0.3, -0.25) is 4.79 Å². The molecule has 4 heteroatoms. The van der Waals surface area contributed by atoms with Crippen molar-refractivity contribution in [3.05, 3.63) is 0 Å². The van der Waals surface area contributed by atoms with Crippen molar-refractivity contribution in [2.75, 3.05) is 6.54 Å². The Morgan fingerprint density at radius 3 is 2.82 bits per heavy atom. The number of hydrogen-bond donors (Lipinski definition) is 2. The fourth-order valence-electron chi connectivity index (χ4n) is 1.25. The molecule has 0 radical (unpaired) electrons. The number of likely N-dealkylation sites (tertiary alicyclic amines) is 1. The number of hydrogen-bond acceptors (Lipinski definition) is 3. The van der Waals surface area contributed by atoms with Gasteiger partial charge >= 0.3 is 0 Å². The van der Waals surface area contributed by atoms with Gasteiger partial charge in [0.15, 0.2) is 0 Å². The van der Waals surface area contributed by atoms with Crippen molar-refractivity contribution in [2.45, 2.75) is 31.2 Å². The third-order valence-electron chi connectivity index (χ3n) is 1.83. The van der Waals surface area contributed by atoms with E-state index in [1.807, 2.05) is 6.92 Å². The highest BCUT2D eigenvalue weighted by Crippen LogP contribution is 2.21. The van der Waals surface area contributed by atoms with E-state index in [9.17, 15) is 9.90 Å². The van der Waals surface area contributed by atoms with Crippen LogP contribution >= 0.6 is 12.6 Å². The fraction of sp³-hybridized carbons (Fsp3) is 0.857. The van der Waals surface area contributed by atoms with Gasteiger partial charge in [-0.2, -0.15) is 12.6 Å². The Hall–Kier alpha value is -0.220. The van der Waals surface area contributed by atoms with Crippen molar-refractivity contribution in [3.63, 3.8) is 0 Å². The summed E-state index contributed by atoms with van der Waals surface area (Å²) in [4.78, 5) is 12.6. The van der Waals surface area contributed by atoms with Gasteiger partial charge in [-0.1, -0.05) is 6.92 Å². The van der Waals surface area contributed by atoms with Crippen LogP contribution in [0.25, 0.3) is 0 Å². The quantitative estimate of drug-likeness (QED) is 0.590. The first kappa shape index (κ1) is 8.87. The second-order valence-corrected chi connectivity index (χ2v) is 3.44. The normalized spacial score (nSPS) is 31.5. The number of carbonyl (C=O) groups is 1. The number of amides is 1. The molecule has 0 aromatic rings. The lowest BCUT2D eigenvalue weighted by atomic mass is 10.3. The molecule has 1 rings (SSSR count). The lowest BCUT2D eigenvalue weighted by molar-refractivity contribution is -0.133. The summed E-state index contributed by atoms with van der Waals surface area (Å²) < 4.78 is 0. The molecule has 1 amide bonds. The van der Waals surface area contributed by atoms with E-state index in [0.717, 1.165) is 6.42 Å². The topological polar surface area (TPSA) is 40.5 Å². The van der Waals surface area contributed by atoms with E-state index in [1.165, 1.54) is 4.90 Å². The van der Waals surface area contributed by atoms with E-state index in [1.54, 1.807) is 0 Å². The van der Waals surface area contributed by atoms with Crippen LogP contribution in [-0.2, 0) is 4.79 Å². The number of thiol groups is 1. The third kappa shape index (κ3) is 1.68. The summed E-state index contributed by atoms with van der Waals surface area (Å²) in [6.45, 7) is 2.61. The van der Waals surface area contributed by atoms with E-state index in [-0.39, 0.29) is 11.2 Å². The molecule has 1 aliphatic rings. The second kappa shape index (κ2) is 3.45. The molecule has 0 aromatic heterocycles. The van der Waals surface area contributed by atoms with Gasteiger partial charge in [0, 0.05) is 13.0 Å². The molecule has 0 aromatic carbocycles. The molecule has 1 saturated heterocycles. The molecule has 1 aliphatic heterocycles. The summed E-state index contributed by atoms with van der Waals surface area (Å²) in [5.74, 6) is 0.0133. The van der Waals surface area contributed by atoms with Crippen LogP contribution in [-0.4, -0.2) is 33.9 Å². The third-order valence-corrected chi connectivity index (χ3v) is 2.28. The predicted octanol–water partition coefficient (Wildman–Crippen LogP) is 0.245. The maximum atomic E-state index is 11.1. The Labute approximate surface area is 71.8 Å². The van der Waals surface area contributed by atoms with E-state index in [0.29, 0.717) is 13.0 Å². The first-order valence-corrected chi connectivity index (χ1v) is 4.34. The largest absolute Gasteiger partial charge is 0.372 e. The average molecular weight is 175 g/mol. The highest BCUT2D eigenvalue weighted by molar-refractivity contribution is 7.81. The number of aliphatic hydroxyl groups excluding tert-OH is 1. The maximum absolute atomic E-state index is 11.1. The van der Waals surface area contributed by atoms with Crippen molar-refractivity contribution in [1.82, 2.24) is 4.90 Å². The number of rotatable bonds is 2. The van der Waals surface area contributed by atoms with Crippen LogP contribution in [0.3, 0.4) is 0 Å². The van der Waals surface area contributed by atoms with Gasteiger partial charge in [0.25, 0.3) is 0 Å². The molecule has 1 fully saturated rings. The van der Waals surface area contributed by atoms with Gasteiger partial charge in [0.2, 0.25) is 5.91 Å². The van der Waals surface area contributed by atoms with Crippen LogP contribution in [0.15, 0.2) is 0 Å². The lowest BCUT2D eigenvalue weighted by Crippen LogP contribution is -2.35. The first-order chi connectivity index (χ1) is 5.16. The summed E-state index contributed by atoms with van der Waals surface area (Å²) in [7, 11) is 0. The number of nitrogens with zero attached hydrogens (tertiary/aromatic N) is 1. The number of carbonyl (C=O) groups excluding carboxylic acids is 1. The molecule has 1 heterocycles. The summed E-state index contributed by atoms with van der Waals surface area (Å²) in [6, 6.07) is 0. The average Bonchev–Trinajstić information content (AvgIpc) is 2.17. The van der Waals surface area contributed by atoms with Crippen LogP contribution in [0.5, 0.6) is 0 Å². The molecular formula is C7H13NO2S. The van der Waals surface area contributed by atoms with Gasteiger partial charge in [-0.15, -0.1) is 0 Å². The second-order valence-electron chi connectivity index (χ2n) is 2.77. The lowest BCUT2D eigenvalue weighted by Gasteiger charge is -2.20. The summed E-state index contributed by atoms with van der Waals surface area (Å²) in [5.41, 5.74) is 0. The zero-order valence-corrected chi connectivity index (χ0v) is 7.42. The fourth-order valence-corrected chi connectivity index (χ4v) is 1.57. The molecule has 1 N–H and O–H groups in total. The van der Waals surface area contributed by atoms with E-state index >= 15 is 0 Å². The minimum Gasteiger partial charge on any atom is -0.372 e. The molecule has 0 aliphatic carbocycles. The van der Waals surface area contributed by atoms with Crippen LogP contribution in [0.4, 0.5) is 0 Å².